The van der Waals surface area contributed by atoms with Crippen molar-refractivity contribution in [2.24, 2.45) is 11.8 Å². The Bertz CT molecular complexity index is 198. The molecule has 0 bridgehead atoms. The molecule has 1 aliphatic carbocycles. The van der Waals surface area contributed by atoms with Crippen LogP contribution in [-0.4, -0.2) is 18.8 Å². The summed E-state index contributed by atoms with van der Waals surface area (Å²) in [5, 5.41) is 0. The van der Waals surface area contributed by atoms with Crippen LogP contribution in [0.1, 0.15) is 39.0 Å². The molecule has 3 nitrogen and oxygen atoms in total. The highest BCUT2D eigenvalue weighted by Gasteiger charge is 2.40. The summed E-state index contributed by atoms with van der Waals surface area (Å²) < 4.78 is 5.74. The number of nitrogens with two attached hydrogens (primary N) is 1. The van der Waals surface area contributed by atoms with E-state index in [1.54, 1.807) is 7.11 Å². The fraction of sp³-hybridized carbons (Fsp3) is 0.833. The lowest BCUT2D eigenvalue weighted by Crippen LogP contribution is -2.55. The first kappa shape index (κ1) is 12.7. The van der Waals surface area contributed by atoms with Gasteiger partial charge in [-0.25, -0.2) is 0 Å². The molecule has 0 aromatic heterocycles. The van der Waals surface area contributed by atoms with E-state index in [9.17, 15) is 0 Å². The molecule has 0 spiro atoms. The molecule has 1 fully saturated rings. The third-order valence-corrected chi connectivity index (χ3v) is 3.77. The molecule has 1 unspecified atom stereocenters. The maximum Gasteiger partial charge on any atom is 0.0847 e. The highest BCUT2D eigenvalue weighted by molar-refractivity contribution is 4.98. The first-order valence-corrected chi connectivity index (χ1v) is 5.80. The zero-order valence-corrected chi connectivity index (χ0v) is 9.96. The average molecular weight is 212 g/mol. The van der Waals surface area contributed by atoms with Gasteiger partial charge in [-0.2, -0.15) is 0 Å². The van der Waals surface area contributed by atoms with E-state index in [2.05, 4.69) is 18.9 Å². The molecular formula is C12H24N2O. The summed E-state index contributed by atoms with van der Waals surface area (Å²) in [6.45, 7) is 6.08. The van der Waals surface area contributed by atoms with Crippen LogP contribution in [0.15, 0.2) is 12.7 Å². The van der Waals surface area contributed by atoms with Crippen molar-refractivity contribution < 1.29 is 4.74 Å². The van der Waals surface area contributed by atoms with Crippen LogP contribution in [0.3, 0.4) is 0 Å². The average Bonchev–Trinajstić information content (AvgIpc) is 2.28. The van der Waals surface area contributed by atoms with Gasteiger partial charge in [0.2, 0.25) is 0 Å². The first-order chi connectivity index (χ1) is 7.18. The smallest absolute Gasteiger partial charge is 0.0847 e. The lowest BCUT2D eigenvalue weighted by atomic mass is 9.74. The second kappa shape index (κ2) is 5.64. The van der Waals surface area contributed by atoms with Gasteiger partial charge in [-0.05, 0) is 38.0 Å². The minimum atomic E-state index is -0.0878. The Balaban J connectivity index is 2.69. The Morgan fingerprint density at radius 1 is 1.60 bits per heavy atom. The molecule has 1 saturated carbocycles. The molecule has 0 saturated heterocycles. The van der Waals surface area contributed by atoms with E-state index in [-0.39, 0.29) is 11.6 Å². The van der Waals surface area contributed by atoms with Gasteiger partial charge in [0.1, 0.15) is 0 Å². The van der Waals surface area contributed by atoms with Crippen LogP contribution in [0, 0.1) is 5.92 Å². The number of methoxy groups -OCH3 is 1. The molecule has 0 radical (unpaired) electrons. The Morgan fingerprint density at radius 2 is 2.20 bits per heavy atom. The summed E-state index contributed by atoms with van der Waals surface area (Å²) in [4.78, 5) is 0. The van der Waals surface area contributed by atoms with Crippen molar-refractivity contribution in [2.75, 3.05) is 7.11 Å². The van der Waals surface area contributed by atoms with E-state index in [1.807, 2.05) is 6.08 Å². The van der Waals surface area contributed by atoms with Crippen LogP contribution in [-0.2, 0) is 4.74 Å². The zero-order valence-electron chi connectivity index (χ0n) is 9.96. The Labute approximate surface area is 93.0 Å². The van der Waals surface area contributed by atoms with Crippen LogP contribution in [0.25, 0.3) is 0 Å². The molecular weight excluding hydrogens is 188 g/mol. The van der Waals surface area contributed by atoms with Gasteiger partial charge in [0.15, 0.2) is 0 Å². The second-order valence-electron chi connectivity index (χ2n) is 4.70. The number of hydrogen-bond acceptors (Lipinski definition) is 3. The second-order valence-corrected chi connectivity index (χ2v) is 4.70. The Hall–Kier alpha value is -0.380. The first-order valence-electron chi connectivity index (χ1n) is 5.80. The van der Waals surface area contributed by atoms with Crippen molar-refractivity contribution in [3.05, 3.63) is 12.7 Å². The zero-order chi connectivity index (χ0) is 11.3. The van der Waals surface area contributed by atoms with Gasteiger partial charge in [0.05, 0.1) is 11.6 Å². The molecule has 3 heteroatoms. The molecule has 0 aromatic carbocycles. The molecule has 0 amide bonds. The molecule has 0 aliphatic heterocycles. The quantitative estimate of drug-likeness (QED) is 0.416. The fourth-order valence-electron chi connectivity index (χ4n) is 2.55. The lowest BCUT2D eigenvalue weighted by molar-refractivity contribution is -0.0740. The van der Waals surface area contributed by atoms with E-state index in [0.29, 0.717) is 0 Å². The van der Waals surface area contributed by atoms with E-state index in [1.165, 1.54) is 12.8 Å². The molecule has 1 atom stereocenters. The third-order valence-electron chi connectivity index (χ3n) is 3.77. The standard InChI is InChI=1S/C12H24N2O/c1-4-5-11(14-13)12(15-3)8-6-10(2)7-9-12/h4,10-11,14H,1,5-9,13H2,2-3H3. The maximum absolute atomic E-state index is 5.74. The number of hydrazine groups is 1. The molecule has 0 aromatic rings. The van der Waals surface area contributed by atoms with Crippen LogP contribution < -0.4 is 11.3 Å². The van der Waals surface area contributed by atoms with Crippen LogP contribution in [0.5, 0.6) is 0 Å². The fourth-order valence-corrected chi connectivity index (χ4v) is 2.55. The SMILES string of the molecule is C=CCC(NN)C1(OC)CCC(C)CC1. The number of nitrogens with one attached hydrogen (secondary N) is 1. The van der Waals surface area contributed by atoms with Crippen molar-refractivity contribution in [1.82, 2.24) is 5.43 Å². The highest BCUT2D eigenvalue weighted by atomic mass is 16.5. The summed E-state index contributed by atoms with van der Waals surface area (Å²) in [5.41, 5.74) is 2.80. The molecule has 1 rings (SSSR count). The minimum absolute atomic E-state index is 0.0878. The molecule has 15 heavy (non-hydrogen) atoms. The van der Waals surface area contributed by atoms with Crippen molar-refractivity contribution in [2.45, 2.75) is 50.7 Å². The third kappa shape index (κ3) is 2.80. The summed E-state index contributed by atoms with van der Waals surface area (Å²) in [6.07, 6.45) is 7.40. The number of ether oxygens (including phenoxy) is 1. The van der Waals surface area contributed by atoms with E-state index in [4.69, 9.17) is 10.6 Å². The molecule has 1 aliphatic rings. The summed E-state index contributed by atoms with van der Waals surface area (Å²) in [5.74, 6) is 6.42. The van der Waals surface area contributed by atoms with Crippen LogP contribution in [0.4, 0.5) is 0 Å². The normalized spacial score (nSPS) is 33.7. The monoisotopic (exact) mass is 212 g/mol. The van der Waals surface area contributed by atoms with Gasteiger partial charge in [-0.3, -0.25) is 11.3 Å². The minimum Gasteiger partial charge on any atom is -0.377 e. The van der Waals surface area contributed by atoms with Gasteiger partial charge in [-0.15, -0.1) is 6.58 Å². The Kier molecular flexibility index (Phi) is 4.77. The Morgan fingerprint density at radius 3 is 2.60 bits per heavy atom. The van der Waals surface area contributed by atoms with Gasteiger partial charge < -0.3 is 4.74 Å². The highest BCUT2D eigenvalue weighted by Crippen LogP contribution is 2.37. The van der Waals surface area contributed by atoms with Crippen molar-refractivity contribution in [1.29, 1.82) is 0 Å². The van der Waals surface area contributed by atoms with Crippen molar-refractivity contribution in [3.63, 3.8) is 0 Å². The maximum atomic E-state index is 5.74. The van der Waals surface area contributed by atoms with Gasteiger partial charge in [-0.1, -0.05) is 13.0 Å². The molecule has 88 valence electrons. The van der Waals surface area contributed by atoms with Crippen molar-refractivity contribution in [3.8, 4) is 0 Å². The number of hydrogen-bond donors (Lipinski definition) is 2. The van der Waals surface area contributed by atoms with Crippen LogP contribution >= 0.6 is 0 Å². The predicted molar refractivity (Wildman–Crippen MR) is 63.3 cm³/mol. The topological polar surface area (TPSA) is 47.3 Å². The van der Waals surface area contributed by atoms with Crippen molar-refractivity contribution >= 4 is 0 Å². The van der Waals surface area contributed by atoms with Gasteiger partial charge >= 0.3 is 0 Å². The predicted octanol–water partition coefficient (Wildman–Crippen LogP) is 1.99. The summed E-state index contributed by atoms with van der Waals surface area (Å²) >= 11 is 0. The lowest BCUT2D eigenvalue weighted by Gasteiger charge is -2.43. The van der Waals surface area contributed by atoms with Crippen LogP contribution in [0.2, 0.25) is 0 Å². The summed E-state index contributed by atoms with van der Waals surface area (Å²) in [7, 11) is 1.80. The molecule has 0 heterocycles. The largest absolute Gasteiger partial charge is 0.377 e. The number of rotatable bonds is 5. The van der Waals surface area contributed by atoms with E-state index in [0.717, 1.165) is 25.2 Å². The van der Waals surface area contributed by atoms with Gasteiger partial charge in [0, 0.05) is 7.11 Å². The molecule has 3 N–H and O–H groups in total. The van der Waals surface area contributed by atoms with Gasteiger partial charge in [0.25, 0.3) is 0 Å². The van der Waals surface area contributed by atoms with E-state index >= 15 is 0 Å². The van der Waals surface area contributed by atoms with E-state index < -0.39 is 0 Å². The summed E-state index contributed by atoms with van der Waals surface area (Å²) in [6, 6.07) is 0.187.